The van der Waals surface area contributed by atoms with Crippen LogP contribution < -0.4 is 20.1 Å². The van der Waals surface area contributed by atoms with Crippen LogP contribution in [0.3, 0.4) is 0 Å². The number of para-hydroxylation sites is 1. The second-order valence-electron chi connectivity index (χ2n) is 6.87. The highest BCUT2D eigenvalue weighted by molar-refractivity contribution is 6.05. The van der Waals surface area contributed by atoms with Gasteiger partial charge in [-0.2, -0.15) is 0 Å². The molecule has 0 spiro atoms. The monoisotopic (exact) mass is 418 g/mol. The minimum atomic E-state index is -0.261. The topological polar surface area (TPSA) is 76.7 Å². The zero-order valence-corrected chi connectivity index (χ0v) is 17.5. The number of nitrogens with one attached hydrogen (secondary N) is 2. The van der Waals surface area contributed by atoms with Gasteiger partial charge in [-0.25, -0.2) is 0 Å². The third kappa shape index (κ3) is 7.19. The largest absolute Gasteiger partial charge is 0.490 e. The predicted octanol–water partition coefficient (Wildman–Crippen LogP) is 5.14. The molecule has 31 heavy (non-hydrogen) atoms. The van der Waals surface area contributed by atoms with Crippen LogP contribution in [-0.4, -0.2) is 25.0 Å². The molecule has 0 unspecified atom stereocenters. The molecule has 0 aliphatic heterocycles. The van der Waals surface area contributed by atoms with Gasteiger partial charge in [0, 0.05) is 23.4 Å². The van der Waals surface area contributed by atoms with Crippen LogP contribution in [0.15, 0.2) is 78.9 Å². The molecule has 0 saturated heterocycles. The molecule has 0 aliphatic carbocycles. The summed E-state index contributed by atoms with van der Waals surface area (Å²) in [5.74, 6) is 1.06. The lowest BCUT2D eigenvalue weighted by Gasteiger charge is -2.11. The van der Waals surface area contributed by atoms with Crippen molar-refractivity contribution in [3.8, 4) is 11.5 Å². The van der Waals surface area contributed by atoms with E-state index in [1.165, 1.54) is 0 Å². The number of hydrogen-bond acceptors (Lipinski definition) is 4. The highest BCUT2D eigenvalue weighted by Crippen LogP contribution is 2.19. The van der Waals surface area contributed by atoms with Crippen molar-refractivity contribution in [3.63, 3.8) is 0 Å². The van der Waals surface area contributed by atoms with E-state index in [1.807, 2.05) is 37.3 Å². The molecule has 0 aromatic heterocycles. The number of benzene rings is 3. The summed E-state index contributed by atoms with van der Waals surface area (Å²) in [5.41, 5.74) is 1.72. The molecule has 0 heterocycles. The Balaban J connectivity index is 1.53. The summed E-state index contributed by atoms with van der Waals surface area (Å²) in [6, 6.07) is 23.6. The van der Waals surface area contributed by atoms with E-state index >= 15 is 0 Å². The molecular weight excluding hydrogens is 392 g/mol. The first kappa shape index (κ1) is 21.9. The molecule has 0 fully saturated rings. The van der Waals surface area contributed by atoms with Gasteiger partial charge in [0.05, 0.1) is 0 Å². The van der Waals surface area contributed by atoms with Gasteiger partial charge in [0.25, 0.3) is 5.91 Å². The zero-order chi connectivity index (χ0) is 21.9. The van der Waals surface area contributed by atoms with Gasteiger partial charge in [0.2, 0.25) is 5.91 Å². The maximum Gasteiger partial charge on any atom is 0.255 e. The number of carbonyl (C=O) groups excluding carboxylic acids is 2. The van der Waals surface area contributed by atoms with Gasteiger partial charge in [-0.1, -0.05) is 37.3 Å². The first-order valence-corrected chi connectivity index (χ1v) is 10.3. The van der Waals surface area contributed by atoms with E-state index in [2.05, 4.69) is 10.6 Å². The Kier molecular flexibility index (Phi) is 8.05. The minimum absolute atomic E-state index is 0.0490. The Labute approximate surface area is 182 Å². The standard InChI is InChI=1S/C25H26N2O4/c1-2-8-24(28)26-20-10-7-11-21(18-20)27-25(29)19-9-6-14-23(17-19)31-16-15-30-22-12-4-3-5-13-22/h3-7,9-14,17-18H,2,8,15-16H2,1H3,(H,26,28)(H,27,29). The quantitative estimate of drug-likeness (QED) is 0.447. The van der Waals surface area contributed by atoms with E-state index in [0.717, 1.165) is 12.2 Å². The van der Waals surface area contributed by atoms with Crippen LogP contribution in [0.1, 0.15) is 30.1 Å². The maximum atomic E-state index is 12.6. The van der Waals surface area contributed by atoms with Crippen molar-refractivity contribution < 1.29 is 19.1 Å². The Morgan fingerprint density at radius 3 is 2.13 bits per heavy atom. The second kappa shape index (κ2) is 11.4. The van der Waals surface area contributed by atoms with Crippen LogP contribution in [0.5, 0.6) is 11.5 Å². The van der Waals surface area contributed by atoms with Gasteiger partial charge in [0.1, 0.15) is 24.7 Å². The molecule has 0 saturated carbocycles. The molecule has 2 amide bonds. The Morgan fingerprint density at radius 1 is 0.742 bits per heavy atom. The average Bonchev–Trinajstić information content (AvgIpc) is 2.78. The van der Waals surface area contributed by atoms with Crippen molar-refractivity contribution in [2.24, 2.45) is 0 Å². The normalized spacial score (nSPS) is 10.2. The van der Waals surface area contributed by atoms with Crippen molar-refractivity contribution in [1.29, 1.82) is 0 Å². The molecular formula is C25H26N2O4. The number of ether oxygens (including phenoxy) is 2. The van der Waals surface area contributed by atoms with E-state index in [4.69, 9.17) is 9.47 Å². The molecule has 0 atom stereocenters. The van der Waals surface area contributed by atoms with Crippen LogP contribution >= 0.6 is 0 Å². The molecule has 0 radical (unpaired) electrons. The van der Waals surface area contributed by atoms with Gasteiger partial charge >= 0.3 is 0 Å². The fourth-order valence-electron chi connectivity index (χ4n) is 2.89. The third-order valence-electron chi connectivity index (χ3n) is 4.34. The summed E-state index contributed by atoms with van der Waals surface area (Å²) in [6.45, 7) is 2.71. The second-order valence-corrected chi connectivity index (χ2v) is 6.87. The average molecular weight is 418 g/mol. The maximum absolute atomic E-state index is 12.6. The molecule has 3 aromatic carbocycles. The number of anilines is 2. The minimum Gasteiger partial charge on any atom is -0.490 e. The van der Waals surface area contributed by atoms with E-state index in [-0.39, 0.29) is 11.8 Å². The fraction of sp³-hybridized carbons (Fsp3) is 0.200. The molecule has 3 aromatic rings. The van der Waals surface area contributed by atoms with Gasteiger partial charge in [0.15, 0.2) is 0 Å². The van der Waals surface area contributed by atoms with Gasteiger partial charge in [-0.05, 0) is 55.0 Å². The molecule has 6 nitrogen and oxygen atoms in total. The van der Waals surface area contributed by atoms with E-state index in [9.17, 15) is 9.59 Å². The molecule has 160 valence electrons. The summed E-state index contributed by atoms with van der Waals surface area (Å²) in [5, 5.41) is 5.67. The molecule has 3 rings (SSSR count). The van der Waals surface area contributed by atoms with Crippen molar-refractivity contribution >= 4 is 23.2 Å². The first-order chi connectivity index (χ1) is 15.1. The number of carbonyl (C=O) groups is 2. The Morgan fingerprint density at radius 2 is 1.39 bits per heavy atom. The molecule has 2 N–H and O–H groups in total. The smallest absolute Gasteiger partial charge is 0.255 e. The number of amides is 2. The number of rotatable bonds is 10. The Bertz CT molecular complexity index is 1010. The SMILES string of the molecule is CCCC(=O)Nc1cccc(NC(=O)c2cccc(OCCOc3ccccc3)c2)c1. The summed E-state index contributed by atoms with van der Waals surface area (Å²) in [6.07, 6.45) is 1.23. The van der Waals surface area contributed by atoms with Crippen molar-refractivity contribution in [3.05, 3.63) is 84.4 Å². The fourth-order valence-corrected chi connectivity index (χ4v) is 2.89. The molecule has 6 heteroatoms. The highest BCUT2D eigenvalue weighted by Gasteiger charge is 2.09. The summed E-state index contributed by atoms with van der Waals surface area (Å²) < 4.78 is 11.3. The van der Waals surface area contributed by atoms with Gasteiger partial charge < -0.3 is 20.1 Å². The van der Waals surface area contributed by atoms with Crippen LogP contribution in [0.2, 0.25) is 0 Å². The van der Waals surface area contributed by atoms with Crippen LogP contribution in [0.4, 0.5) is 11.4 Å². The van der Waals surface area contributed by atoms with Crippen molar-refractivity contribution in [1.82, 2.24) is 0 Å². The van der Waals surface area contributed by atoms with Crippen LogP contribution in [0.25, 0.3) is 0 Å². The first-order valence-electron chi connectivity index (χ1n) is 10.3. The lowest BCUT2D eigenvalue weighted by Crippen LogP contribution is -2.14. The van der Waals surface area contributed by atoms with Crippen LogP contribution in [0, 0.1) is 0 Å². The van der Waals surface area contributed by atoms with E-state index in [1.54, 1.807) is 48.5 Å². The number of hydrogen-bond donors (Lipinski definition) is 2. The van der Waals surface area contributed by atoms with Gasteiger partial charge in [-0.3, -0.25) is 9.59 Å². The highest BCUT2D eigenvalue weighted by atomic mass is 16.5. The van der Waals surface area contributed by atoms with Crippen molar-refractivity contribution in [2.45, 2.75) is 19.8 Å². The van der Waals surface area contributed by atoms with E-state index < -0.39 is 0 Å². The summed E-state index contributed by atoms with van der Waals surface area (Å²) in [4.78, 5) is 24.4. The van der Waals surface area contributed by atoms with Crippen molar-refractivity contribution in [2.75, 3.05) is 23.8 Å². The van der Waals surface area contributed by atoms with Crippen LogP contribution in [-0.2, 0) is 4.79 Å². The Hall–Kier alpha value is -3.80. The van der Waals surface area contributed by atoms with E-state index in [0.29, 0.717) is 42.3 Å². The lowest BCUT2D eigenvalue weighted by atomic mass is 10.2. The van der Waals surface area contributed by atoms with Gasteiger partial charge in [-0.15, -0.1) is 0 Å². The molecule has 0 bridgehead atoms. The predicted molar refractivity (Wildman–Crippen MR) is 122 cm³/mol. The molecule has 0 aliphatic rings. The third-order valence-corrected chi connectivity index (χ3v) is 4.34. The summed E-state index contributed by atoms with van der Waals surface area (Å²) in [7, 11) is 0. The summed E-state index contributed by atoms with van der Waals surface area (Å²) >= 11 is 0. The lowest BCUT2D eigenvalue weighted by molar-refractivity contribution is -0.116. The zero-order valence-electron chi connectivity index (χ0n) is 17.5.